The standard InChI is InChI=1S/C48H63N5O5S/c1-29(2)51-20-19-40(47(55)53-36-22-34(25-48(5,6)7)42(53)28-50(8)27-36)44(51)35-21-33-23-37(58-9)16-18-38(33)45-43(31-13-11-10-12-14-31)39-17-15-32(24-41(39)52(45)26-35)46(54)49-59(56,57)30(3)4/h15-21,23-24,29-31,34,36,42H,10-14,22,25-28H2,1-9H3,(H,49,54). The van der Waals surface area contributed by atoms with E-state index in [-0.39, 0.29) is 29.4 Å². The number of ether oxygens (including phenoxy) is 1. The Kier molecular flexibility index (Phi) is 10.9. The molecule has 3 unspecified atom stereocenters. The number of sulfonamides is 1. The summed E-state index contributed by atoms with van der Waals surface area (Å²) in [5, 5.41) is 0.325. The van der Waals surface area contributed by atoms with Crippen molar-refractivity contribution in [2.45, 2.75) is 129 Å². The number of methoxy groups -OCH3 is 1. The zero-order chi connectivity index (χ0) is 42.1. The molecule has 3 aliphatic heterocycles. The van der Waals surface area contributed by atoms with Gasteiger partial charge in [-0.2, -0.15) is 0 Å². The summed E-state index contributed by atoms with van der Waals surface area (Å²) < 4.78 is 38.5. The number of fused-ring (bicyclic) bond motifs is 7. The van der Waals surface area contributed by atoms with Crippen LogP contribution in [-0.4, -0.2) is 83.7 Å². The van der Waals surface area contributed by atoms with Gasteiger partial charge in [-0.3, -0.25) is 9.59 Å². The van der Waals surface area contributed by atoms with Gasteiger partial charge in [0, 0.05) is 59.4 Å². The van der Waals surface area contributed by atoms with Crippen molar-refractivity contribution in [2.75, 3.05) is 27.2 Å². The van der Waals surface area contributed by atoms with Crippen molar-refractivity contribution >= 4 is 44.4 Å². The maximum absolute atomic E-state index is 15.3. The lowest BCUT2D eigenvalue weighted by atomic mass is 9.81. The molecule has 2 amide bonds. The van der Waals surface area contributed by atoms with E-state index >= 15 is 4.79 Å². The van der Waals surface area contributed by atoms with E-state index in [4.69, 9.17) is 4.74 Å². The number of nitrogens with zero attached hydrogens (tertiary/aromatic N) is 4. The van der Waals surface area contributed by atoms with E-state index in [0.29, 0.717) is 23.9 Å². The molecule has 59 heavy (non-hydrogen) atoms. The number of piperazine rings is 1. The van der Waals surface area contributed by atoms with E-state index in [1.807, 2.05) is 24.3 Å². The largest absolute Gasteiger partial charge is 0.497 e. The van der Waals surface area contributed by atoms with Gasteiger partial charge in [-0.25, -0.2) is 13.1 Å². The van der Waals surface area contributed by atoms with Crippen molar-refractivity contribution in [1.29, 1.82) is 0 Å². The molecule has 2 saturated heterocycles. The SMILES string of the molecule is COc1ccc2c(c1)C=C(c1c(C(=O)N3C4CC(CC(C)(C)C)C3CN(C)C4)ccn1C(C)C)Cn1c-2c(C2CCCCC2)c2ccc(C(=O)NS(=O)(=O)C(C)C)cc21. The van der Waals surface area contributed by atoms with E-state index in [1.165, 1.54) is 12.0 Å². The highest BCUT2D eigenvalue weighted by Gasteiger charge is 2.49. The number of likely N-dealkylation sites (tertiary alicyclic amines) is 1. The van der Waals surface area contributed by atoms with E-state index in [0.717, 1.165) is 102 Å². The van der Waals surface area contributed by atoms with Crippen LogP contribution in [0.5, 0.6) is 5.75 Å². The first-order valence-corrected chi connectivity index (χ1v) is 23.3. The van der Waals surface area contributed by atoms with Gasteiger partial charge in [-0.05, 0) is 137 Å². The average Bonchev–Trinajstić information content (AvgIpc) is 3.78. The third kappa shape index (κ3) is 7.66. The number of aromatic nitrogens is 2. The molecular formula is C48H63N5O5S. The molecule has 4 aliphatic rings. The van der Waals surface area contributed by atoms with Crippen LogP contribution in [0.3, 0.4) is 0 Å². The van der Waals surface area contributed by atoms with Crippen LogP contribution >= 0.6 is 0 Å². The second kappa shape index (κ2) is 15.6. The minimum Gasteiger partial charge on any atom is -0.497 e. The molecule has 2 aromatic heterocycles. The fraction of sp³-hybridized carbons (Fsp3) is 0.542. The Hall–Kier alpha value is -4.35. The second-order valence-corrected chi connectivity index (χ2v) is 21.8. The number of hydrogen-bond acceptors (Lipinski definition) is 6. The monoisotopic (exact) mass is 821 g/mol. The summed E-state index contributed by atoms with van der Waals surface area (Å²) in [5.74, 6) is 0.974. The molecule has 10 nitrogen and oxygen atoms in total. The molecule has 0 spiro atoms. The first-order chi connectivity index (χ1) is 28.0. The van der Waals surface area contributed by atoms with Gasteiger partial charge in [0.2, 0.25) is 10.0 Å². The summed E-state index contributed by atoms with van der Waals surface area (Å²) in [7, 11) is 0.0332. The predicted molar refractivity (Wildman–Crippen MR) is 237 cm³/mol. The topological polar surface area (TPSA) is 106 Å². The number of amides is 2. The lowest BCUT2D eigenvalue weighted by Gasteiger charge is -2.41. The Morgan fingerprint density at radius 3 is 2.37 bits per heavy atom. The van der Waals surface area contributed by atoms with Crippen molar-refractivity contribution in [3.63, 3.8) is 0 Å². The lowest BCUT2D eigenvalue weighted by Crippen LogP contribution is -2.55. The van der Waals surface area contributed by atoms with Crippen LogP contribution in [-0.2, 0) is 16.6 Å². The Bertz CT molecular complexity index is 2430. The summed E-state index contributed by atoms with van der Waals surface area (Å²) in [4.78, 5) is 33.6. The molecule has 3 fully saturated rings. The normalized spacial score (nSPS) is 21.4. The number of nitrogens with one attached hydrogen (secondary N) is 1. The second-order valence-electron chi connectivity index (χ2n) is 19.6. The minimum atomic E-state index is -3.84. The van der Waals surface area contributed by atoms with Gasteiger partial charge >= 0.3 is 0 Å². The summed E-state index contributed by atoms with van der Waals surface area (Å²) in [6.07, 6.45) is 12.1. The number of carbonyl (C=O) groups excluding carboxylic acids is 2. The van der Waals surface area contributed by atoms with Crippen LogP contribution in [0.4, 0.5) is 0 Å². The number of allylic oxidation sites excluding steroid dienone is 1. The first kappa shape index (κ1) is 41.4. The number of rotatable bonds is 9. The van der Waals surface area contributed by atoms with Crippen LogP contribution in [0.25, 0.3) is 33.8 Å². The van der Waals surface area contributed by atoms with Crippen LogP contribution in [0.15, 0.2) is 48.7 Å². The Balaban J connectivity index is 1.32. The molecule has 8 rings (SSSR count). The summed E-state index contributed by atoms with van der Waals surface area (Å²) in [6.45, 7) is 16.6. The van der Waals surface area contributed by atoms with Crippen molar-refractivity contribution in [2.24, 2.45) is 11.3 Å². The highest BCUT2D eigenvalue weighted by Crippen LogP contribution is 2.49. The van der Waals surface area contributed by atoms with E-state index in [2.05, 4.69) is 89.7 Å². The maximum Gasteiger partial charge on any atom is 0.264 e. The minimum absolute atomic E-state index is 0.0789. The number of hydrogen-bond donors (Lipinski definition) is 1. The van der Waals surface area contributed by atoms with E-state index in [9.17, 15) is 13.2 Å². The molecule has 11 heteroatoms. The molecule has 2 bridgehead atoms. The summed E-state index contributed by atoms with van der Waals surface area (Å²) in [5.41, 5.74) is 8.43. The van der Waals surface area contributed by atoms with Crippen molar-refractivity contribution in [1.82, 2.24) is 23.7 Å². The van der Waals surface area contributed by atoms with E-state index in [1.54, 1.807) is 27.0 Å². The molecule has 4 aromatic rings. The van der Waals surface area contributed by atoms with Crippen molar-refractivity contribution in [3.8, 4) is 17.0 Å². The third-order valence-corrected chi connectivity index (χ3v) is 15.1. The van der Waals surface area contributed by atoms with Crippen LogP contribution in [0, 0.1) is 11.3 Å². The van der Waals surface area contributed by atoms with Gasteiger partial charge in [0.1, 0.15) is 5.75 Å². The quantitative estimate of drug-likeness (QED) is 0.181. The van der Waals surface area contributed by atoms with Gasteiger partial charge in [0.15, 0.2) is 0 Å². The fourth-order valence-electron chi connectivity index (χ4n) is 10.8. The Morgan fingerprint density at radius 2 is 1.69 bits per heavy atom. The highest BCUT2D eigenvalue weighted by molar-refractivity contribution is 7.90. The molecule has 316 valence electrons. The third-order valence-electron chi connectivity index (χ3n) is 13.4. The van der Waals surface area contributed by atoms with Gasteiger partial charge in [-0.1, -0.05) is 46.1 Å². The van der Waals surface area contributed by atoms with E-state index < -0.39 is 21.2 Å². The van der Waals surface area contributed by atoms with Crippen LogP contribution in [0.2, 0.25) is 0 Å². The van der Waals surface area contributed by atoms with Crippen LogP contribution < -0.4 is 9.46 Å². The Morgan fingerprint density at radius 1 is 0.949 bits per heavy atom. The van der Waals surface area contributed by atoms with Gasteiger partial charge in [0.25, 0.3) is 11.8 Å². The lowest BCUT2D eigenvalue weighted by molar-refractivity contribution is 0.0422. The summed E-state index contributed by atoms with van der Waals surface area (Å²) >= 11 is 0. The van der Waals surface area contributed by atoms with Gasteiger partial charge < -0.3 is 23.7 Å². The molecule has 1 N–H and O–H groups in total. The molecule has 3 atom stereocenters. The molecule has 1 saturated carbocycles. The van der Waals surface area contributed by atoms with Crippen LogP contribution in [0.1, 0.15) is 143 Å². The number of likely N-dealkylation sites (N-methyl/N-ethyl adjacent to an activating group) is 1. The maximum atomic E-state index is 15.3. The highest BCUT2D eigenvalue weighted by atomic mass is 32.2. The zero-order valence-corrected chi connectivity index (χ0v) is 37.3. The number of benzene rings is 2. The zero-order valence-electron chi connectivity index (χ0n) is 36.5. The Labute approximate surface area is 351 Å². The molecule has 0 radical (unpaired) electrons. The fourth-order valence-corrected chi connectivity index (χ4v) is 11.4. The molecule has 1 aliphatic carbocycles. The molecule has 5 heterocycles. The number of carbonyl (C=O) groups is 2. The van der Waals surface area contributed by atoms with Crippen molar-refractivity contribution < 1.29 is 22.7 Å². The van der Waals surface area contributed by atoms with Crippen molar-refractivity contribution in [3.05, 3.63) is 76.6 Å². The molecular weight excluding hydrogens is 759 g/mol. The smallest absolute Gasteiger partial charge is 0.264 e. The first-order valence-electron chi connectivity index (χ1n) is 21.8. The van der Waals surface area contributed by atoms with Gasteiger partial charge in [-0.15, -0.1) is 0 Å². The predicted octanol–water partition coefficient (Wildman–Crippen LogP) is 9.35. The molecule has 2 aromatic carbocycles. The van der Waals surface area contributed by atoms with Gasteiger partial charge in [0.05, 0.1) is 35.9 Å². The summed E-state index contributed by atoms with van der Waals surface area (Å²) in [6, 6.07) is 14.3. The average molecular weight is 822 g/mol.